The van der Waals surface area contributed by atoms with Crippen LogP contribution in [0.4, 0.5) is 18.0 Å². The maximum atomic E-state index is 14.9. The highest BCUT2D eigenvalue weighted by Crippen LogP contribution is 2.48. The lowest BCUT2D eigenvalue weighted by atomic mass is 9.88. The van der Waals surface area contributed by atoms with Crippen molar-refractivity contribution in [2.45, 2.75) is 127 Å². The molecule has 4 amide bonds. The van der Waals surface area contributed by atoms with Crippen molar-refractivity contribution < 1.29 is 63.2 Å². The first-order valence-electron chi connectivity index (χ1n) is 22.1. The summed E-state index contributed by atoms with van der Waals surface area (Å²) in [5.41, 5.74) is -6.79. The number of amides is 4. The minimum atomic E-state index is -6.16. The molecule has 1 aromatic carbocycles. The van der Waals surface area contributed by atoms with Crippen molar-refractivity contribution in [1.29, 1.82) is 0 Å². The van der Waals surface area contributed by atoms with Crippen molar-refractivity contribution in [3.05, 3.63) is 36.4 Å². The van der Waals surface area contributed by atoms with Gasteiger partial charge in [0.15, 0.2) is 0 Å². The van der Waals surface area contributed by atoms with Gasteiger partial charge in [-0.3, -0.25) is 19.1 Å². The molecule has 1 saturated heterocycles. The van der Waals surface area contributed by atoms with Crippen LogP contribution >= 0.6 is 0 Å². The van der Waals surface area contributed by atoms with Gasteiger partial charge in [-0.05, 0) is 90.0 Å². The van der Waals surface area contributed by atoms with Crippen molar-refractivity contribution in [3.8, 4) is 11.8 Å². The van der Waals surface area contributed by atoms with Gasteiger partial charge >= 0.3 is 12.3 Å². The third kappa shape index (κ3) is 8.69. The number of benzene rings is 1. The Morgan fingerprint density at radius 3 is 2.40 bits per heavy atom. The first kappa shape index (κ1) is 35.3. The van der Waals surface area contributed by atoms with E-state index in [0.717, 1.165) is 4.90 Å². The number of alkyl halides is 3. The van der Waals surface area contributed by atoms with E-state index in [1.54, 1.807) is 50.3 Å². The molecule has 2 saturated carbocycles. The van der Waals surface area contributed by atoms with E-state index < -0.39 is 106 Å². The number of carbonyl (C=O) groups is 4. The molecule has 1 aromatic heterocycles. The monoisotopic (exact) mass is 842 g/mol. The number of aromatic nitrogens is 2. The Morgan fingerprint density at radius 2 is 1.76 bits per heavy atom. The van der Waals surface area contributed by atoms with E-state index in [1.807, 2.05) is 5.32 Å². The largest absolute Gasteiger partial charge is 0.476 e. The molecule has 0 spiro atoms. The second-order valence-electron chi connectivity index (χ2n) is 15.9. The predicted octanol–water partition coefficient (Wildman–Crippen LogP) is 4.70. The fraction of sp³-hybridized carbons (Fsp3) is 0.641. The highest BCUT2D eigenvalue weighted by Gasteiger charge is 2.63. The molecule has 3 fully saturated rings. The molecule has 0 bridgehead atoms. The summed E-state index contributed by atoms with van der Waals surface area (Å²) >= 11 is 0. The summed E-state index contributed by atoms with van der Waals surface area (Å²) in [6, 6.07) is 3.40. The van der Waals surface area contributed by atoms with Crippen LogP contribution in [0.3, 0.4) is 0 Å². The molecular formula is C39H51F3N6O9S. The number of fused-ring (bicyclic) bond motifs is 3. The average molecular weight is 843 g/mol. The predicted molar refractivity (Wildman–Crippen MR) is 204 cm³/mol. The summed E-state index contributed by atoms with van der Waals surface area (Å²) in [6.07, 6.45) is -4.65. The third-order valence-corrected chi connectivity index (χ3v) is 13.5. The SMILES string of the molecule is [2H]C([2H])([2H])C(OC(=O)N[C@@H]1C(=O)N2C[C@H](Oc3nnc(OCC)c4ccccc34)C[C@H]2C(=O)N[C@]2(C(=O)NS(=O)(=O)C3(C)CC3)C[C@H]2/C=C\CC[C@H](C)C[C@H]1C)(C([2H])([2H])[2H])C(F)(F)F. The van der Waals surface area contributed by atoms with Gasteiger partial charge in [-0.15, -0.1) is 10.2 Å². The number of nitrogens with zero attached hydrogens (tertiary/aromatic N) is 3. The molecule has 0 radical (unpaired) electrons. The Morgan fingerprint density at radius 1 is 1.09 bits per heavy atom. The van der Waals surface area contributed by atoms with E-state index in [0.29, 0.717) is 36.5 Å². The molecule has 15 nitrogen and oxygen atoms in total. The molecule has 3 heterocycles. The number of alkyl carbamates (subject to hydrolysis) is 1. The van der Waals surface area contributed by atoms with Crippen LogP contribution in [0.5, 0.6) is 11.8 Å². The quantitative estimate of drug-likeness (QED) is 0.296. The van der Waals surface area contributed by atoms with Crippen LogP contribution in [0, 0.1) is 17.8 Å². The Balaban J connectivity index is 1.39. The summed E-state index contributed by atoms with van der Waals surface area (Å²) < 4.78 is 133. The van der Waals surface area contributed by atoms with E-state index >= 15 is 0 Å². The van der Waals surface area contributed by atoms with Crippen molar-refractivity contribution in [2.24, 2.45) is 17.8 Å². The Bertz CT molecular complexity index is 2260. The normalized spacial score (nSPS) is 31.4. The Kier molecular flexibility index (Phi) is 9.62. The minimum absolute atomic E-state index is 0.00178. The van der Waals surface area contributed by atoms with Gasteiger partial charge in [0, 0.05) is 20.6 Å². The van der Waals surface area contributed by atoms with Crippen LogP contribution < -0.4 is 24.8 Å². The number of sulfonamides is 1. The van der Waals surface area contributed by atoms with Crippen molar-refractivity contribution in [1.82, 2.24) is 30.5 Å². The van der Waals surface area contributed by atoms with Crippen LogP contribution in [0.2, 0.25) is 0 Å². The van der Waals surface area contributed by atoms with Gasteiger partial charge in [0.25, 0.3) is 5.91 Å². The molecule has 2 aromatic rings. The van der Waals surface area contributed by atoms with Crippen LogP contribution in [-0.2, 0) is 29.1 Å². The lowest BCUT2D eigenvalue weighted by Gasteiger charge is -2.34. The zero-order valence-corrected chi connectivity index (χ0v) is 33.2. The number of ether oxygens (including phenoxy) is 3. The van der Waals surface area contributed by atoms with Gasteiger partial charge in [-0.2, -0.15) is 13.2 Å². The van der Waals surface area contributed by atoms with Gasteiger partial charge < -0.3 is 29.7 Å². The average Bonchev–Trinajstić information content (AvgIpc) is 4.06. The van der Waals surface area contributed by atoms with E-state index in [1.165, 1.54) is 13.8 Å². The van der Waals surface area contributed by atoms with Gasteiger partial charge in [0.05, 0.1) is 28.7 Å². The first-order valence-corrected chi connectivity index (χ1v) is 20.6. The van der Waals surface area contributed by atoms with E-state index in [4.69, 9.17) is 17.7 Å². The standard InChI is InChI=1S/C39H51F3N6O9S/c1-7-55-31-26-14-10-11-15-27(26)32(46-45-31)56-25-19-28-30(49)44-38(34(51)47-58(53,54)37(6)16-17-37)20-24(38)13-9-8-12-22(2)18-23(3)29(33(50)48(28)21-25)43-35(52)57-36(4,5)39(40,41)42/h9-11,13-15,22-25,28-29H,7-8,12,16-21H2,1-6H3,(H,43,52)(H,44,49)(H,47,51)/b13-9-/t22-,23+,24+,25+,28-,29-,38+/m0/s1/i4D3,5D3. The summed E-state index contributed by atoms with van der Waals surface area (Å²) in [5.74, 6) is -4.71. The molecule has 318 valence electrons. The van der Waals surface area contributed by atoms with Crippen molar-refractivity contribution in [3.63, 3.8) is 0 Å². The zero-order valence-electron chi connectivity index (χ0n) is 38.4. The maximum absolute atomic E-state index is 14.9. The van der Waals surface area contributed by atoms with E-state index in [-0.39, 0.29) is 43.5 Å². The molecule has 4 aliphatic rings. The summed E-state index contributed by atoms with van der Waals surface area (Å²) in [4.78, 5) is 58.0. The lowest BCUT2D eigenvalue weighted by molar-refractivity contribution is -0.244. The number of hydrogen-bond donors (Lipinski definition) is 3. The van der Waals surface area contributed by atoms with Gasteiger partial charge in [0.2, 0.25) is 39.2 Å². The number of nitrogens with one attached hydrogen (secondary N) is 3. The number of carbonyl (C=O) groups excluding carboxylic acids is 4. The van der Waals surface area contributed by atoms with Gasteiger partial charge in [0.1, 0.15) is 23.7 Å². The number of allylic oxidation sites excluding steroid dienone is 1. The number of rotatable bonds is 9. The third-order valence-electron chi connectivity index (χ3n) is 11.3. The second kappa shape index (κ2) is 15.8. The lowest BCUT2D eigenvalue weighted by Crippen LogP contribution is -2.59. The molecule has 0 unspecified atom stereocenters. The molecular weight excluding hydrogens is 786 g/mol. The molecule has 2 aliphatic carbocycles. The molecule has 58 heavy (non-hydrogen) atoms. The highest BCUT2D eigenvalue weighted by molar-refractivity contribution is 7.91. The van der Waals surface area contributed by atoms with E-state index in [9.17, 15) is 40.8 Å². The summed E-state index contributed by atoms with van der Waals surface area (Å²) in [7, 11) is -4.17. The number of hydrogen-bond acceptors (Lipinski definition) is 11. The molecule has 6 rings (SSSR count). The topological polar surface area (TPSA) is 195 Å². The molecule has 7 atom stereocenters. The molecule has 2 aliphatic heterocycles. The summed E-state index contributed by atoms with van der Waals surface area (Å²) in [6.45, 7) is -2.59. The first-order chi connectivity index (χ1) is 29.6. The van der Waals surface area contributed by atoms with Crippen molar-refractivity contribution >= 4 is 44.6 Å². The number of halogens is 3. The van der Waals surface area contributed by atoms with Gasteiger partial charge in [-0.25, -0.2) is 13.2 Å². The molecule has 19 heteroatoms. The maximum Gasteiger partial charge on any atom is 0.427 e. The van der Waals surface area contributed by atoms with Crippen LogP contribution in [0.15, 0.2) is 36.4 Å². The van der Waals surface area contributed by atoms with Crippen LogP contribution in [0.25, 0.3) is 10.8 Å². The van der Waals surface area contributed by atoms with Crippen LogP contribution in [-0.4, -0.2) is 101 Å². The fourth-order valence-electron chi connectivity index (χ4n) is 7.49. The smallest absolute Gasteiger partial charge is 0.427 e. The zero-order chi connectivity index (χ0) is 47.4. The van der Waals surface area contributed by atoms with E-state index in [2.05, 4.69) is 25.0 Å². The highest BCUT2D eigenvalue weighted by atomic mass is 32.2. The van der Waals surface area contributed by atoms with Crippen molar-refractivity contribution in [2.75, 3.05) is 13.2 Å². The second-order valence-corrected chi connectivity index (χ2v) is 18.1. The fourth-order valence-corrected chi connectivity index (χ4v) is 8.81. The molecule has 3 N–H and O–H groups in total. The Hall–Kier alpha value is -4.68. The minimum Gasteiger partial charge on any atom is -0.476 e. The van der Waals surface area contributed by atoms with Crippen LogP contribution in [0.1, 0.15) is 94.6 Å². The Labute approximate surface area is 343 Å². The van der Waals surface area contributed by atoms with Gasteiger partial charge in [-0.1, -0.05) is 38.1 Å². The summed E-state index contributed by atoms with van der Waals surface area (Å²) in [5, 5.41) is 14.0.